The van der Waals surface area contributed by atoms with E-state index in [4.69, 9.17) is 11.6 Å². The molecule has 0 aliphatic carbocycles. The lowest BCUT2D eigenvalue weighted by Gasteiger charge is -2.19. The summed E-state index contributed by atoms with van der Waals surface area (Å²) in [6.45, 7) is 6.57. The average Bonchev–Trinajstić information content (AvgIpc) is 2.41. The van der Waals surface area contributed by atoms with E-state index in [0.29, 0.717) is 16.8 Å². The van der Waals surface area contributed by atoms with Crippen molar-refractivity contribution in [2.75, 3.05) is 17.7 Å². The maximum atomic E-state index is 6.09. The summed E-state index contributed by atoms with van der Waals surface area (Å²) >= 11 is 6.09. The fourth-order valence-electron chi connectivity index (χ4n) is 1.77. The molecule has 0 spiro atoms. The number of hydrogen-bond donors (Lipinski definition) is 2. The number of anilines is 3. The summed E-state index contributed by atoms with van der Waals surface area (Å²) in [6.07, 6.45) is 1.58. The summed E-state index contributed by atoms with van der Waals surface area (Å²) in [7, 11) is 1.77. The Morgan fingerprint density at radius 1 is 1.10 bits per heavy atom. The largest absolute Gasteiger partial charge is 0.357 e. The van der Waals surface area contributed by atoms with E-state index in [-0.39, 0.29) is 5.41 Å². The minimum absolute atomic E-state index is 0.143. The molecule has 2 N–H and O–H groups in total. The fourth-order valence-corrected chi connectivity index (χ4v) is 1.90. The number of rotatable bonds is 3. The summed E-state index contributed by atoms with van der Waals surface area (Å²) < 4.78 is 0. The third-order valence-corrected chi connectivity index (χ3v) is 3.26. The molecule has 5 heteroatoms. The van der Waals surface area contributed by atoms with Crippen LogP contribution < -0.4 is 10.6 Å². The lowest BCUT2D eigenvalue weighted by Crippen LogP contribution is -2.10. The summed E-state index contributed by atoms with van der Waals surface area (Å²) in [5, 5.41) is 6.58. The van der Waals surface area contributed by atoms with Crippen LogP contribution in [0.5, 0.6) is 0 Å². The molecule has 1 aromatic carbocycles. The SMILES string of the molecule is CNc1ncc(Cl)c(Nc2ccc(C(C)(C)C)cc2)n1. The third kappa shape index (κ3) is 3.39. The van der Waals surface area contributed by atoms with Crippen molar-refractivity contribution >= 4 is 29.1 Å². The summed E-state index contributed by atoms with van der Waals surface area (Å²) in [4.78, 5) is 8.34. The second-order valence-electron chi connectivity index (χ2n) is 5.59. The van der Waals surface area contributed by atoms with Crippen LogP contribution in [-0.4, -0.2) is 17.0 Å². The molecule has 0 amide bonds. The Balaban J connectivity index is 2.22. The molecule has 2 rings (SSSR count). The molecule has 0 aliphatic rings. The van der Waals surface area contributed by atoms with Gasteiger partial charge in [-0.25, -0.2) is 4.98 Å². The van der Waals surface area contributed by atoms with E-state index in [0.717, 1.165) is 5.69 Å². The summed E-state index contributed by atoms with van der Waals surface area (Å²) in [5.41, 5.74) is 2.37. The zero-order valence-corrected chi connectivity index (χ0v) is 12.9. The van der Waals surface area contributed by atoms with Gasteiger partial charge >= 0.3 is 0 Å². The Morgan fingerprint density at radius 2 is 1.75 bits per heavy atom. The third-order valence-electron chi connectivity index (χ3n) is 2.98. The van der Waals surface area contributed by atoms with Gasteiger partial charge in [-0.05, 0) is 23.1 Å². The van der Waals surface area contributed by atoms with Crippen molar-refractivity contribution in [2.24, 2.45) is 0 Å². The average molecular weight is 291 g/mol. The summed E-state index contributed by atoms with van der Waals surface area (Å²) in [6, 6.07) is 8.27. The van der Waals surface area contributed by atoms with Crippen LogP contribution in [0.4, 0.5) is 17.5 Å². The van der Waals surface area contributed by atoms with E-state index in [9.17, 15) is 0 Å². The zero-order chi connectivity index (χ0) is 14.8. The van der Waals surface area contributed by atoms with Gasteiger partial charge in [-0.3, -0.25) is 0 Å². The van der Waals surface area contributed by atoms with Gasteiger partial charge in [-0.2, -0.15) is 4.98 Å². The molecule has 0 saturated heterocycles. The van der Waals surface area contributed by atoms with Crippen molar-refractivity contribution in [1.82, 2.24) is 9.97 Å². The minimum Gasteiger partial charge on any atom is -0.357 e. The van der Waals surface area contributed by atoms with Gasteiger partial charge in [0.05, 0.1) is 6.20 Å². The molecule has 1 aromatic heterocycles. The Bertz CT molecular complexity index is 588. The molecule has 4 nitrogen and oxygen atoms in total. The molecule has 0 bridgehead atoms. The molecule has 0 saturated carbocycles. The first-order chi connectivity index (χ1) is 9.40. The van der Waals surface area contributed by atoms with Crippen LogP contribution in [0.1, 0.15) is 26.3 Å². The Morgan fingerprint density at radius 3 is 2.30 bits per heavy atom. The van der Waals surface area contributed by atoms with Crippen LogP contribution in [-0.2, 0) is 5.41 Å². The molecule has 20 heavy (non-hydrogen) atoms. The van der Waals surface area contributed by atoms with Crippen LogP contribution in [0, 0.1) is 0 Å². The molecule has 0 atom stereocenters. The first-order valence-electron chi connectivity index (χ1n) is 6.48. The number of benzene rings is 1. The number of nitrogens with zero attached hydrogens (tertiary/aromatic N) is 2. The molecule has 0 aliphatic heterocycles. The van der Waals surface area contributed by atoms with Gasteiger partial charge in [0.25, 0.3) is 0 Å². The molecular weight excluding hydrogens is 272 g/mol. The van der Waals surface area contributed by atoms with Gasteiger partial charge in [-0.1, -0.05) is 44.5 Å². The number of hydrogen-bond acceptors (Lipinski definition) is 4. The standard InChI is InChI=1S/C15H19ClN4/c1-15(2,3)10-5-7-11(8-6-10)19-13-12(16)9-18-14(17-4)20-13/h5-9H,1-4H3,(H2,17,18,19,20). The highest BCUT2D eigenvalue weighted by Gasteiger charge is 2.13. The molecular formula is C15H19ClN4. The van der Waals surface area contributed by atoms with Crippen molar-refractivity contribution < 1.29 is 0 Å². The second-order valence-corrected chi connectivity index (χ2v) is 6.00. The smallest absolute Gasteiger partial charge is 0.224 e. The highest BCUT2D eigenvalue weighted by molar-refractivity contribution is 6.32. The monoisotopic (exact) mass is 290 g/mol. The maximum absolute atomic E-state index is 6.09. The van der Waals surface area contributed by atoms with Crippen molar-refractivity contribution in [1.29, 1.82) is 0 Å². The lowest BCUT2D eigenvalue weighted by molar-refractivity contribution is 0.590. The Labute approximate surface area is 124 Å². The zero-order valence-electron chi connectivity index (χ0n) is 12.2. The predicted molar refractivity (Wildman–Crippen MR) is 85.0 cm³/mol. The molecule has 2 aromatic rings. The molecule has 0 fully saturated rings. The van der Waals surface area contributed by atoms with E-state index >= 15 is 0 Å². The van der Waals surface area contributed by atoms with Gasteiger partial charge in [0, 0.05) is 12.7 Å². The number of nitrogens with one attached hydrogen (secondary N) is 2. The Hall–Kier alpha value is -1.81. The lowest BCUT2D eigenvalue weighted by atomic mass is 9.87. The van der Waals surface area contributed by atoms with E-state index in [1.165, 1.54) is 5.56 Å². The van der Waals surface area contributed by atoms with E-state index in [1.807, 2.05) is 12.1 Å². The van der Waals surface area contributed by atoms with E-state index in [1.54, 1.807) is 13.2 Å². The normalized spacial score (nSPS) is 11.2. The summed E-state index contributed by atoms with van der Waals surface area (Å²) in [5.74, 6) is 1.12. The highest BCUT2D eigenvalue weighted by atomic mass is 35.5. The van der Waals surface area contributed by atoms with Crippen molar-refractivity contribution in [3.05, 3.63) is 41.0 Å². The van der Waals surface area contributed by atoms with Gasteiger partial charge in [-0.15, -0.1) is 0 Å². The van der Waals surface area contributed by atoms with Crippen molar-refractivity contribution in [2.45, 2.75) is 26.2 Å². The van der Waals surface area contributed by atoms with E-state index in [2.05, 4.69) is 53.5 Å². The number of halogens is 1. The Kier molecular flexibility index (Phi) is 4.14. The van der Waals surface area contributed by atoms with Crippen LogP contribution >= 0.6 is 11.6 Å². The predicted octanol–water partition coefficient (Wildman–Crippen LogP) is 4.21. The molecule has 1 heterocycles. The van der Waals surface area contributed by atoms with Crippen molar-refractivity contribution in [3.8, 4) is 0 Å². The fraction of sp³-hybridized carbons (Fsp3) is 0.333. The molecule has 0 unspecified atom stereocenters. The second kappa shape index (κ2) is 5.67. The van der Waals surface area contributed by atoms with Crippen LogP contribution in [0.3, 0.4) is 0 Å². The van der Waals surface area contributed by atoms with Crippen LogP contribution in [0.25, 0.3) is 0 Å². The van der Waals surface area contributed by atoms with Gasteiger partial charge in [0.2, 0.25) is 5.95 Å². The quantitative estimate of drug-likeness (QED) is 0.889. The topological polar surface area (TPSA) is 49.8 Å². The first-order valence-corrected chi connectivity index (χ1v) is 6.86. The highest BCUT2D eigenvalue weighted by Crippen LogP contribution is 2.26. The minimum atomic E-state index is 0.143. The van der Waals surface area contributed by atoms with Gasteiger partial charge < -0.3 is 10.6 Å². The molecule has 106 valence electrons. The maximum Gasteiger partial charge on any atom is 0.224 e. The molecule has 0 radical (unpaired) electrons. The van der Waals surface area contributed by atoms with Crippen molar-refractivity contribution in [3.63, 3.8) is 0 Å². The van der Waals surface area contributed by atoms with Gasteiger partial charge in [0.1, 0.15) is 5.02 Å². The first kappa shape index (κ1) is 14.6. The van der Waals surface area contributed by atoms with Gasteiger partial charge in [0.15, 0.2) is 5.82 Å². The van der Waals surface area contributed by atoms with Crippen LogP contribution in [0.2, 0.25) is 5.02 Å². The number of aromatic nitrogens is 2. The van der Waals surface area contributed by atoms with E-state index < -0.39 is 0 Å². The van der Waals surface area contributed by atoms with Crippen LogP contribution in [0.15, 0.2) is 30.5 Å².